The molecule has 7 heavy (non-hydrogen) atoms. The zero-order chi connectivity index (χ0) is 5.11. The van der Waals surface area contributed by atoms with Crippen LogP contribution in [0.3, 0.4) is 0 Å². The van der Waals surface area contributed by atoms with Crippen molar-refractivity contribution in [3.8, 4) is 0 Å². The SMILES string of the molecule is COC1[N]C=CO1. The first-order valence-corrected chi connectivity index (χ1v) is 1.97. The highest BCUT2D eigenvalue weighted by molar-refractivity contribution is 4.76. The van der Waals surface area contributed by atoms with Crippen molar-refractivity contribution < 1.29 is 9.47 Å². The Kier molecular flexibility index (Phi) is 1.17. The summed E-state index contributed by atoms with van der Waals surface area (Å²) >= 11 is 0. The fraction of sp³-hybridized carbons (Fsp3) is 0.500. The van der Waals surface area contributed by atoms with Gasteiger partial charge in [0.1, 0.15) is 6.26 Å². The van der Waals surface area contributed by atoms with Crippen LogP contribution < -0.4 is 5.32 Å². The van der Waals surface area contributed by atoms with Crippen LogP contribution in [0.15, 0.2) is 12.5 Å². The Bertz CT molecular complexity index is 73.8. The molecule has 1 atom stereocenters. The molecule has 1 unspecified atom stereocenters. The number of hydrogen-bond donors (Lipinski definition) is 0. The molecule has 0 spiro atoms. The molecule has 0 amide bonds. The van der Waals surface area contributed by atoms with Crippen LogP contribution in [0, 0.1) is 0 Å². The van der Waals surface area contributed by atoms with Gasteiger partial charge < -0.3 is 9.47 Å². The Hall–Kier alpha value is -0.700. The topological polar surface area (TPSA) is 32.6 Å². The van der Waals surface area contributed by atoms with Gasteiger partial charge in [0.2, 0.25) is 0 Å². The molecule has 0 N–H and O–H groups in total. The summed E-state index contributed by atoms with van der Waals surface area (Å²) in [5.41, 5.74) is 0. The highest BCUT2D eigenvalue weighted by Gasteiger charge is 2.07. The Morgan fingerprint density at radius 1 is 1.86 bits per heavy atom. The molecule has 1 heterocycles. The molecule has 1 aliphatic rings. The summed E-state index contributed by atoms with van der Waals surface area (Å²) in [7, 11) is 1.54. The lowest BCUT2D eigenvalue weighted by Crippen LogP contribution is -2.16. The summed E-state index contributed by atoms with van der Waals surface area (Å²) in [5.74, 6) is 0. The average Bonchev–Trinajstić information content (AvgIpc) is 2.14. The molecule has 3 nitrogen and oxygen atoms in total. The number of rotatable bonds is 1. The van der Waals surface area contributed by atoms with Crippen molar-refractivity contribution in [3.05, 3.63) is 12.5 Å². The molecule has 1 rings (SSSR count). The minimum atomic E-state index is -0.389. The number of ether oxygens (including phenoxy) is 2. The lowest BCUT2D eigenvalue weighted by Gasteiger charge is -2.03. The third-order valence-electron chi connectivity index (χ3n) is 0.665. The fourth-order valence-corrected chi connectivity index (χ4v) is 0.359. The maximum Gasteiger partial charge on any atom is 0.300 e. The Labute approximate surface area is 41.9 Å². The van der Waals surface area contributed by atoms with Crippen LogP contribution in [0.1, 0.15) is 0 Å². The van der Waals surface area contributed by atoms with E-state index in [1.54, 1.807) is 13.3 Å². The maximum absolute atomic E-state index is 4.73. The maximum atomic E-state index is 4.73. The van der Waals surface area contributed by atoms with Gasteiger partial charge in [-0.2, -0.15) is 0 Å². The average molecular weight is 100 g/mol. The van der Waals surface area contributed by atoms with Crippen molar-refractivity contribution in [2.24, 2.45) is 0 Å². The fourth-order valence-electron chi connectivity index (χ4n) is 0.359. The van der Waals surface area contributed by atoms with Crippen molar-refractivity contribution in [1.82, 2.24) is 5.32 Å². The molecule has 0 fully saturated rings. The van der Waals surface area contributed by atoms with Gasteiger partial charge in [-0.05, 0) is 0 Å². The zero-order valence-electron chi connectivity index (χ0n) is 4.00. The standard InChI is InChI=1S/C4H6NO2/c1-6-4-5-2-3-7-4/h2-4H,1H3. The molecule has 39 valence electrons. The van der Waals surface area contributed by atoms with Crippen LogP contribution in [0.25, 0.3) is 0 Å². The van der Waals surface area contributed by atoms with Gasteiger partial charge in [-0.25, -0.2) is 5.32 Å². The molecule has 0 bridgehead atoms. The Morgan fingerprint density at radius 3 is 3.00 bits per heavy atom. The smallest absolute Gasteiger partial charge is 0.300 e. The van der Waals surface area contributed by atoms with Crippen molar-refractivity contribution in [2.45, 2.75) is 6.41 Å². The van der Waals surface area contributed by atoms with Gasteiger partial charge in [-0.15, -0.1) is 0 Å². The second-order valence-corrected chi connectivity index (χ2v) is 1.11. The minimum Gasteiger partial charge on any atom is -0.451 e. The highest BCUT2D eigenvalue weighted by Crippen LogP contribution is 1.97. The third-order valence-corrected chi connectivity index (χ3v) is 0.665. The predicted molar refractivity (Wildman–Crippen MR) is 23.2 cm³/mol. The van der Waals surface area contributed by atoms with Crippen LogP contribution >= 0.6 is 0 Å². The first-order chi connectivity index (χ1) is 3.43. The van der Waals surface area contributed by atoms with Crippen LogP contribution in [-0.4, -0.2) is 13.5 Å². The van der Waals surface area contributed by atoms with E-state index in [-0.39, 0.29) is 6.41 Å². The van der Waals surface area contributed by atoms with Gasteiger partial charge in [0.05, 0.1) is 6.20 Å². The van der Waals surface area contributed by atoms with E-state index >= 15 is 0 Å². The van der Waals surface area contributed by atoms with Gasteiger partial charge in [0, 0.05) is 7.11 Å². The molecule has 0 saturated carbocycles. The normalized spacial score (nSPS) is 26.7. The molecule has 1 aliphatic heterocycles. The van der Waals surface area contributed by atoms with E-state index in [2.05, 4.69) is 10.1 Å². The summed E-state index contributed by atoms with van der Waals surface area (Å²) in [5, 5.41) is 3.73. The van der Waals surface area contributed by atoms with Crippen LogP contribution in [0.2, 0.25) is 0 Å². The van der Waals surface area contributed by atoms with Gasteiger partial charge in [0.15, 0.2) is 0 Å². The summed E-state index contributed by atoms with van der Waals surface area (Å²) in [4.78, 5) is 0. The van der Waals surface area contributed by atoms with E-state index in [1.165, 1.54) is 6.26 Å². The lowest BCUT2D eigenvalue weighted by molar-refractivity contribution is -0.0832. The molecule has 0 aromatic rings. The van der Waals surface area contributed by atoms with Crippen molar-refractivity contribution in [2.75, 3.05) is 7.11 Å². The summed E-state index contributed by atoms with van der Waals surface area (Å²) < 4.78 is 9.39. The van der Waals surface area contributed by atoms with Crippen LogP contribution in [0.4, 0.5) is 0 Å². The summed E-state index contributed by atoms with van der Waals surface area (Å²) in [6.45, 7) is 0. The van der Waals surface area contributed by atoms with E-state index in [9.17, 15) is 0 Å². The summed E-state index contributed by atoms with van der Waals surface area (Å²) in [6, 6.07) is 0. The number of methoxy groups -OCH3 is 1. The zero-order valence-corrected chi connectivity index (χ0v) is 4.00. The molecule has 0 aliphatic carbocycles. The van der Waals surface area contributed by atoms with Gasteiger partial charge in [-0.3, -0.25) is 0 Å². The van der Waals surface area contributed by atoms with E-state index < -0.39 is 0 Å². The first-order valence-electron chi connectivity index (χ1n) is 1.97. The van der Waals surface area contributed by atoms with Gasteiger partial charge in [0.25, 0.3) is 0 Å². The Morgan fingerprint density at radius 2 is 2.71 bits per heavy atom. The molecule has 0 aromatic carbocycles. The second-order valence-electron chi connectivity index (χ2n) is 1.11. The lowest BCUT2D eigenvalue weighted by atomic mass is 11.0. The van der Waals surface area contributed by atoms with Gasteiger partial charge in [-0.1, -0.05) is 0 Å². The number of hydrogen-bond acceptors (Lipinski definition) is 2. The molecule has 0 aromatic heterocycles. The summed E-state index contributed by atoms with van der Waals surface area (Å²) in [6.07, 6.45) is 2.67. The second kappa shape index (κ2) is 1.84. The van der Waals surface area contributed by atoms with Crippen LogP contribution in [0.5, 0.6) is 0 Å². The molecule has 3 heteroatoms. The van der Waals surface area contributed by atoms with E-state index in [0.717, 1.165) is 0 Å². The third kappa shape index (κ3) is 0.838. The first kappa shape index (κ1) is 4.46. The molecular formula is C4H6NO2. The van der Waals surface area contributed by atoms with E-state index in [4.69, 9.17) is 4.74 Å². The van der Waals surface area contributed by atoms with E-state index in [0.29, 0.717) is 0 Å². The van der Waals surface area contributed by atoms with E-state index in [1.807, 2.05) is 0 Å². The van der Waals surface area contributed by atoms with Crippen LogP contribution in [-0.2, 0) is 9.47 Å². The predicted octanol–water partition coefficient (Wildman–Crippen LogP) is 0.0222. The molecular weight excluding hydrogens is 94.0 g/mol. The minimum absolute atomic E-state index is 0.389. The van der Waals surface area contributed by atoms with Crippen molar-refractivity contribution >= 4 is 0 Å². The quantitative estimate of drug-likeness (QED) is 0.465. The molecule has 1 radical (unpaired) electrons. The largest absolute Gasteiger partial charge is 0.451 e. The molecule has 0 saturated heterocycles. The van der Waals surface area contributed by atoms with Gasteiger partial charge >= 0.3 is 6.41 Å². The monoisotopic (exact) mass is 100 g/mol. The highest BCUT2D eigenvalue weighted by atomic mass is 16.7. The Balaban J connectivity index is 2.22. The van der Waals surface area contributed by atoms with Crippen molar-refractivity contribution in [3.63, 3.8) is 0 Å². The van der Waals surface area contributed by atoms with Crippen molar-refractivity contribution in [1.29, 1.82) is 0 Å². The number of nitrogens with zero attached hydrogens (tertiary/aromatic N) is 1.